The summed E-state index contributed by atoms with van der Waals surface area (Å²) in [6, 6.07) is 7.33. The number of allylic oxidation sites excluding steroid dienone is 1. The third-order valence-electron chi connectivity index (χ3n) is 9.76. The Hall–Kier alpha value is -4.27. The highest BCUT2D eigenvalue weighted by molar-refractivity contribution is 8.77. The van der Waals surface area contributed by atoms with Crippen LogP contribution < -0.4 is 10.6 Å². The fraction of sp³-hybridized carbons (Fsp3) is 0.361. The van der Waals surface area contributed by atoms with E-state index < -0.39 is 23.2 Å². The largest absolute Gasteiger partial charge is 0.355 e. The summed E-state index contributed by atoms with van der Waals surface area (Å²) in [7, 11) is 3.10. The molecule has 2 N–H and O–H groups in total. The van der Waals surface area contributed by atoms with E-state index >= 15 is 0 Å². The Balaban J connectivity index is 1.26. The first kappa shape index (κ1) is 35.1. The van der Waals surface area contributed by atoms with Crippen LogP contribution >= 0.6 is 33.2 Å². The van der Waals surface area contributed by atoms with E-state index in [-0.39, 0.29) is 53.0 Å². The van der Waals surface area contributed by atoms with Crippen LogP contribution in [0.2, 0.25) is 5.02 Å². The number of halogens is 2. The second kappa shape index (κ2) is 14.4. The van der Waals surface area contributed by atoms with Crippen molar-refractivity contribution in [3.8, 4) is 11.1 Å². The fourth-order valence-electron chi connectivity index (χ4n) is 7.11. The molecule has 2 aliphatic heterocycles. The highest BCUT2D eigenvalue weighted by Gasteiger charge is 2.67. The average Bonchev–Trinajstić information content (AvgIpc) is 3.52. The maximum absolute atomic E-state index is 14.7. The topological polar surface area (TPSA) is 139 Å². The van der Waals surface area contributed by atoms with Crippen molar-refractivity contribution in [1.29, 1.82) is 0 Å². The Bertz CT molecular complexity index is 2090. The SMILES string of the molecule is CC(=O)c1nn2c3c(cc(-c4cnc(C)nc4)cc13)C/C=C/SSCCC(=O)NC[C@@]13C[C@@H](C(=O)NCc4cccc(Cl)c4F)N(C(=O)C2)[C@@H]1C3. The number of hydrogen-bond donors (Lipinski definition) is 2. The van der Waals surface area contributed by atoms with E-state index in [0.717, 1.165) is 16.7 Å². The first-order valence-corrected chi connectivity index (χ1v) is 19.4. The lowest BCUT2D eigenvalue weighted by Crippen LogP contribution is -2.48. The van der Waals surface area contributed by atoms with Crippen molar-refractivity contribution in [2.45, 2.75) is 64.7 Å². The van der Waals surface area contributed by atoms with Gasteiger partial charge in [0.05, 0.1) is 10.5 Å². The minimum Gasteiger partial charge on any atom is -0.355 e. The molecule has 2 fully saturated rings. The van der Waals surface area contributed by atoms with Crippen molar-refractivity contribution in [3.63, 3.8) is 0 Å². The van der Waals surface area contributed by atoms with E-state index in [1.165, 1.54) is 23.8 Å². The maximum atomic E-state index is 14.7. The summed E-state index contributed by atoms with van der Waals surface area (Å²) in [6.07, 6.45) is 7.25. The first-order chi connectivity index (χ1) is 24.5. The van der Waals surface area contributed by atoms with Gasteiger partial charge < -0.3 is 15.5 Å². The predicted molar refractivity (Wildman–Crippen MR) is 195 cm³/mol. The van der Waals surface area contributed by atoms with E-state index in [2.05, 4.69) is 25.7 Å². The molecule has 3 amide bonds. The number of carbonyl (C=O) groups is 4. The second-order valence-electron chi connectivity index (χ2n) is 13.2. The van der Waals surface area contributed by atoms with Crippen LogP contribution in [0.1, 0.15) is 53.6 Å². The number of carbonyl (C=O) groups excluding carboxylic acids is 4. The molecule has 0 unspecified atom stereocenters. The number of ketones is 1. The Morgan fingerprint density at radius 1 is 1.16 bits per heavy atom. The third kappa shape index (κ3) is 7.13. The maximum Gasteiger partial charge on any atom is 0.245 e. The summed E-state index contributed by atoms with van der Waals surface area (Å²) in [6.45, 7) is 3.26. The molecule has 1 saturated carbocycles. The zero-order valence-corrected chi connectivity index (χ0v) is 30.3. The predicted octanol–water partition coefficient (Wildman–Crippen LogP) is 5.43. The number of aromatic nitrogens is 4. The fourth-order valence-corrected chi connectivity index (χ4v) is 8.93. The lowest BCUT2D eigenvalue weighted by Gasteiger charge is -2.27. The Kier molecular flexibility index (Phi) is 9.92. The molecular weight excluding hydrogens is 713 g/mol. The molecule has 1 saturated heterocycles. The van der Waals surface area contributed by atoms with Crippen LogP contribution in [-0.2, 0) is 33.9 Å². The highest BCUT2D eigenvalue weighted by atomic mass is 35.5. The number of piperidine rings is 1. The van der Waals surface area contributed by atoms with Gasteiger partial charge in [-0.05, 0) is 60.9 Å². The van der Waals surface area contributed by atoms with Crippen LogP contribution in [-0.4, -0.2) is 72.5 Å². The van der Waals surface area contributed by atoms with Gasteiger partial charge in [-0.1, -0.05) is 51.4 Å². The molecule has 2 aromatic carbocycles. The lowest BCUT2D eigenvalue weighted by molar-refractivity contribution is -0.140. The van der Waals surface area contributed by atoms with E-state index in [4.69, 9.17) is 11.6 Å². The molecule has 2 bridgehead atoms. The lowest BCUT2D eigenvalue weighted by atomic mass is 9.98. The Labute approximate surface area is 306 Å². The number of nitrogens with one attached hydrogen (secondary N) is 2. The Morgan fingerprint density at radius 2 is 1.96 bits per heavy atom. The molecule has 15 heteroatoms. The van der Waals surface area contributed by atoms with Gasteiger partial charge in [0, 0.05) is 72.6 Å². The van der Waals surface area contributed by atoms with Gasteiger partial charge in [-0.3, -0.25) is 23.9 Å². The van der Waals surface area contributed by atoms with E-state index in [1.807, 2.05) is 30.5 Å². The van der Waals surface area contributed by atoms with Gasteiger partial charge in [0.15, 0.2) is 5.78 Å². The minimum atomic E-state index is -0.853. The van der Waals surface area contributed by atoms with Gasteiger partial charge in [0.2, 0.25) is 17.7 Å². The zero-order chi connectivity index (χ0) is 35.9. The average molecular weight is 748 g/mol. The van der Waals surface area contributed by atoms with Gasteiger partial charge in [0.1, 0.15) is 29.9 Å². The van der Waals surface area contributed by atoms with Crippen LogP contribution in [0.5, 0.6) is 0 Å². The van der Waals surface area contributed by atoms with E-state index in [9.17, 15) is 23.6 Å². The number of aryl methyl sites for hydroxylation is 1. The molecule has 0 radical (unpaired) electrons. The minimum absolute atomic E-state index is 0.0479. The van der Waals surface area contributed by atoms with Gasteiger partial charge in [-0.25, -0.2) is 14.4 Å². The molecule has 1 aliphatic carbocycles. The number of hydrogen-bond acceptors (Lipinski definition) is 9. The summed E-state index contributed by atoms with van der Waals surface area (Å²) < 4.78 is 16.2. The van der Waals surface area contributed by atoms with Crippen LogP contribution in [0.3, 0.4) is 0 Å². The quantitative estimate of drug-likeness (QED) is 0.202. The molecular formula is C36H35ClFN7O4S2. The number of Topliss-reactive ketones (excluding diaryl/α,β-unsaturated/α-hetero) is 1. The van der Waals surface area contributed by atoms with Gasteiger partial charge >= 0.3 is 0 Å². The molecule has 3 atom stereocenters. The van der Waals surface area contributed by atoms with Crippen molar-refractivity contribution in [1.82, 2.24) is 35.3 Å². The number of rotatable bonds is 5. The summed E-state index contributed by atoms with van der Waals surface area (Å²) in [5.74, 6) is -0.482. The molecule has 7 rings (SSSR count). The summed E-state index contributed by atoms with van der Waals surface area (Å²) in [5, 5.41) is 13.1. The van der Waals surface area contributed by atoms with Crippen molar-refractivity contribution < 1.29 is 23.6 Å². The van der Waals surface area contributed by atoms with Crippen LogP contribution in [0.15, 0.2) is 54.2 Å². The van der Waals surface area contributed by atoms with E-state index in [0.29, 0.717) is 54.7 Å². The second-order valence-corrected chi connectivity index (χ2v) is 16.0. The number of benzene rings is 2. The molecule has 4 aromatic rings. The number of nitrogens with zero attached hydrogens (tertiary/aromatic N) is 5. The molecule has 11 nitrogen and oxygen atoms in total. The molecule has 4 heterocycles. The highest BCUT2D eigenvalue weighted by Crippen LogP contribution is 2.59. The van der Waals surface area contributed by atoms with Crippen molar-refractivity contribution in [3.05, 3.63) is 87.7 Å². The van der Waals surface area contributed by atoms with Crippen LogP contribution in [0.25, 0.3) is 22.0 Å². The summed E-state index contributed by atoms with van der Waals surface area (Å²) >= 11 is 5.96. The van der Waals surface area contributed by atoms with Crippen molar-refractivity contribution in [2.75, 3.05) is 12.3 Å². The van der Waals surface area contributed by atoms with Gasteiger partial charge in [0.25, 0.3) is 0 Å². The van der Waals surface area contributed by atoms with Gasteiger partial charge in [-0.15, -0.1) is 0 Å². The summed E-state index contributed by atoms with van der Waals surface area (Å²) in [5.41, 5.74) is 3.08. The van der Waals surface area contributed by atoms with Crippen LogP contribution in [0.4, 0.5) is 4.39 Å². The number of amides is 3. The van der Waals surface area contributed by atoms with Crippen molar-refractivity contribution in [2.24, 2.45) is 5.41 Å². The molecule has 264 valence electrons. The zero-order valence-electron chi connectivity index (χ0n) is 27.9. The molecule has 51 heavy (non-hydrogen) atoms. The van der Waals surface area contributed by atoms with E-state index in [1.54, 1.807) is 44.9 Å². The standard InChI is InChI=1S/C36H35ClFN7O4S2/c1-20(46)33-26-12-24(25-16-39-21(2)40-17-25)11-22-6-4-9-50-51-10-8-30(47)42-19-36-13-28(35(49)41-15-23-5-3-7-27(37)32(23)38)45(29(36)14-36)31(48)18-44(43-33)34(22)26/h3-5,7,9,11-12,16-17,28-29H,6,8,10,13-15,18-19H2,1-2H3,(H,41,49)(H,42,47)/b9-4+/t28-,29+,36-/m0/s1. The normalized spacial score (nSPS) is 22.9. The first-order valence-electron chi connectivity index (χ1n) is 16.6. The van der Waals surface area contributed by atoms with Crippen LogP contribution in [0, 0.1) is 18.2 Å². The molecule has 2 aromatic heterocycles. The Morgan fingerprint density at radius 3 is 2.75 bits per heavy atom. The van der Waals surface area contributed by atoms with Gasteiger partial charge in [-0.2, -0.15) is 5.10 Å². The molecule has 3 aliphatic rings. The monoisotopic (exact) mass is 747 g/mol. The smallest absolute Gasteiger partial charge is 0.245 e. The molecule has 0 spiro atoms. The summed E-state index contributed by atoms with van der Waals surface area (Å²) in [4.78, 5) is 64.3. The van der Waals surface area contributed by atoms with Crippen molar-refractivity contribution >= 4 is 67.6 Å². The third-order valence-corrected chi connectivity index (χ3v) is 12.1.